The Labute approximate surface area is 180 Å². The van der Waals surface area contributed by atoms with E-state index in [-0.39, 0.29) is 18.9 Å². The lowest BCUT2D eigenvalue weighted by molar-refractivity contribution is -0.134. The van der Waals surface area contributed by atoms with Gasteiger partial charge in [0.15, 0.2) is 6.10 Å². The fraction of sp³-hybridized carbons (Fsp3) is 0.524. The number of nitrogens with zero attached hydrogens (tertiary/aromatic N) is 1. The fourth-order valence-corrected chi connectivity index (χ4v) is 3.74. The highest BCUT2D eigenvalue weighted by atomic mass is 16.5. The minimum atomic E-state index is -0.855. The van der Waals surface area contributed by atoms with Crippen LogP contribution in [0.25, 0.3) is 0 Å². The average molecular weight is 432 g/mol. The standard InChI is InChI=1S/C21H28N4O6/c1-3-30-15-6-8-16(9-7-15)31-14(2)18(27)24-23-17(26)10-13-25-19(28)21(22-20(25)29)11-4-5-12-21/h6-9,14H,3-5,10-13H2,1-2H3,(H,22,29)(H,23,26)(H,24,27). The van der Waals surface area contributed by atoms with Crippen molar-refractivity contribution in [1.29, 1.82) is 0 Å². The Morgan fingerprint density at radius 2 is 1.77 bits per heavy atom. The van der Waals surface area contributed by atoms with Gasteiger partial charge < -0.3 is 14.8 Å². The van der Waals surface area contributed by atoms with Crippen LogP contribution in [0.2, 0.25) is 0 Å². The van der Waals surface area contributed by atoms with Crippen LogP contribution in [0.4, 0.5) is 4.79 Å². The van der Waals surface area contributed by atoms with Crippen molar-refractivity contribution in [3.05, 3.63) is 24.3 Å². The van der Waals surface area contributed by atoms with Gasteiger partial charge in [0, 0.05) is 13.0 Å². The summed E-state index contributed by atoms with van der Waals surface area (Å²) in [5.74, 6) is -0.152. The van der Waals surface area contributed by atoms with Gasteiger partial charge in [-0.2, -0.15) is 0 Å². The van der Waals surface area contributed by atoms with Crippen LogP contribution in [0.5, 0.6) is 11.5 Å². The normalized spacial score (nSPS) is 17.9. The minimum absolute atomic E-state index is 0.0493. The first-order valence-corrected chi connectivity index (χ1v) is 10.5. The molecule has 3 N–H and O–H groups in total. The van der Waals surface area contributed by atoms with Crippen molar-refractivity contribution in [2.24, 2.45) is 0 Å². The predicted octanol–water partition coefficient (Wildman–Crippen LogP) is 1.25. The largest absolute Gasteiger partial charge is 0.494 e. The number of hydrogen-bond acceptors (Lipinski definition) is 6. The lowest BCUT2D eigenvalue weighted by Gasteiger charge is -2.20. The smallest absolute Gasteiger partial charge is 0.325 e. The summed E-state index contributed by atoms with van der Waals surface area (Å²) in [7, 11) is 0. The van der Waals surface area contributed by atoms with Gasteiger partial charge in [-0.3, -0.25) is 30.1 Å². The summed E-state index contributed by atoms with van der Waals surface area (Å²) in [6, 6.07) is 6.36. The van der Waals surface area contributed by atoms with Crippen molar-refractivity contribution in [1.82, 2.24) is 21.1 Å². The van der Waals surface area contributed by atoms with Gasteiger partial charge in [-0.05, 0) is 51.0 Å². The van der Waals surface area contributed by atoms with Crippen LogP contribution in [-0.4, -0.2) is 53.4 Å². The molecule has 0 bridgehead atoms. The first-order valence-electron chi connectivity index (χ1n) is 10.5. The molecule has 1 aromatic carbocycles. The van der Waals surface area contributed by atoms with Crippen LogP contribution in [-0.2, 0) is 14.4 Å². The molecule has 1 heterocycles. The number of amides is 5. The van der Waals surface area contributed by atoms with Gasteiger partial charge in [0.25, 0.3) is 11.8 Å². The van der Waals surface area contributed by atoms with E-state index in [4.69, 9.17) is 9.47 Å². The van der Waals surface area contributed by atoms with Gasteiger partial charge >= 0.3 is 6.03 Å². The maximum atomic E-state index is 12.6. The molecule has 1 aromatic rings. The Morgan fingerprint density at radius 1 is 1.13 bits per heavy atom. The molecular weight excluding hydrogens is 404 g/mol. The summed E-state index contributed by atoms with van der Waals surface area (Å²) in [5.41, 5.74) is 3.77. The number of benzene rings is 1. The average Bonchev–Trinajstić information content (AvgIpc) is 3.31. The van der Waals surface area contributed by atoms with E-state index in [1.54, 1.807) is 31.2 Å². The number of imide groups is 1. The quantitative estimate of drug-likeness (QED) is 0.419. The van der Waals surface area contributed by atoms with Crippen LogP contribution in [0.3, 0.4) is 0 Å². The zero-order valence-electron chi connectivity index (χ0n) is 17.7. The summed E-state index contributed by atoms with van der Waals surface area (Å²) in [6.45, 7) is 3.93. The first kappa shape index (κ1) is 22.4. The molecule has 2 aliphatic rings. The van der Waals surface area contributed by atoms with Crippen LogP contribution in [0, 0.1) is 0 Å². The van der Waals surface area contributed by atoms with Crippen molar-refractivity contribution >= 4 is 23.8 Å². The molecule has 1 saturated heterocycles. The summed E-state index contributed by atoms with van der Waals surface area (Å²) < 4.78 is 10.9. The molecule has 10 heteroatoms. The van der Waals surface area contributed by atoms with E-state index in [0.29, 0.717) is 30.9 Å². The highest BCUT2D eigenvalue weighted by molar-refractivity contribution is 6.07. The van der Waals surface area contributed by atoms with Crippen LogP contribution in [0.15, 0.2) is 24.3 Å². The molecule has 3 rings (SSSR count). The predicted molar refractivity (Wildman–Crippen MR) is 110 cm³/mol. The Bertz CT molecular complexity index is 835. The SMILES string of the molecule is CCOc1ccc(OC(C)C(=O)NNC(=O)CCN2C(=O)NC3(CCCC3)C2=O)cc1. The molecule has 1 saturated carbocycles. The molecule has 1 aliphatic carbocycles. The monoisotopic (exact) mass is 432 g/mol. The molecule has 168 valence electrons. The minimum Gasteiger partial charge on any atom is -0.494 e. The van der Waals surface area contributed by atoms with E-state index in [1.807, 2.05) is 6.92 Å². The van der Waals surface area contributed by atoms with Crippen molar-refractivity contribution in [3.8, 4) is 11.5 Å². The summed E-state index contributed by atoms with van der Waals surface area (Å²) >= 11 is 0. The van der Waals surface area contributed by atoms with Gasteiger partial charge in [-0.25, -0.2) is 4.79 Å². The first-order chi connectivity index (χ1) is 14.8. The fourth-order valence-electron chi connectivity index (χ4n) is 3.74. The molecule has 5 amide bonds. The molecule has 10 nitrogen and oxygen atoms in total. The van der Waals surface area contributed by atoms with E-state index >= 15 is 0 Å². The zero-order chi connectivity index (χ0) is 22.4. The number of nitrogens with one attached hydrogen (secondary N) is 3. The zero-order valence-corrected chi connectivity index (χ0v) is 17.7. The van der Waals surface area contributed by atoms with E-state index < -0.39 is 29.5 Å². The Kier molecular flexibility index (Phi) is 6.98. The Balaban J connectivity index is 1.40. The molecule has 1 aliphatic heterocycles. The number of ether oxygens (including phenoxy) is 2. The van der Waals surface area contributed by atoms with Gasteiger partial charge in [0.1, 0.15) is 17.0 Å². The number of rotatable bonds is 8. The van der Waals surface area contributed by atoms with Crippen LogP contribution < -0.4 is 25.6 Å². The third-order valence-electron chi connectivity index (χ3n) is 5.41. The second-order valence-electron chi connectivity index (χ2n) is 7.63. The molecule has 1 spiro atoms. The third kappa shape index (κ3) is 5.25. The molecule has 31 heavy (non-hydrogen) atoms. The number of urea groups is 1. The lowest BCUT2D eigenvalue weighted by Crippen LogP contribution is -2.48. The molecule has 2 fully saturated rings. The maximum absolute atomic E-state index is 12.6. The summed E-state index contributed by atoms with van der Waals surface area (Å²) in [4.78, 5) is 50.0. The Morgan fingerprint density at radius 3 is 2.42 bits per heavy atom. The molecular formula is C21H28N4O6. The van der Waals surface area contributed by atoms with Gasteiger partial charge in [0.2, 0.25) is 5.91 Å². The van der Waals surface area contributed by atoms with E-state index in [1.165, 1.54) is 0 Å². The highest BCUT2D eigenvalue weighted by Crippen LogP contribution is 2.35. The number of carbonyl (C=O) groups is 4. The van der Waals surface area contributed by atoms with Crippen molar-refractivity contribution in [2.75, 3.05) is 13.2 Å². The van der Waals surface area contributed by atoms with Crippen molar-refractivity contribution in [2.45, 2.75) is 57.6 Å². The second-order valence-corrected chi connectivity index (χ2v) is 7.63. The van der Waals surface area contributed by atoms with Crippen molar-refractivity contribution in [3.63, 3.8) is 0 Å². The second kappa shape index (κ2) is 9.67. The molecule has 1 atom stereocenters. The number of hydrogen-bond donors (Lipinski definition) is 3. The topological polar surface area (TPSA) is 126 Å². The lowest BCUT2D eigenvalue weighted by atomic mass is 9.98. The van der Waals surface area contributed by atoms with Crippen LogP contribution >= 0.6 is 0 Å². The van der Waals surface area contributed by atoms with Crippen molar-refractivity contribution < 1.29 is 28.7 Å². The molecule has 1 unspecified atom stereocenters. The maximum Gasteiger partial charge on any atom is 0.325 e. The number of carbonyl (C=O) groups excluding carboxylic acids is 4. The highest BCUT2D eigenvalue weighted by Gasteiger charge is 2.52. The van der Waals surface area contributed by atoms with E-state index in [9.17, 15) is 19.2 Å². The van der Waals surface area contributed by atoms with Crippen LogP contribution in [0.1, 0.15) is 46.0 Å². The van der Waals surface area contributed by atoms with E-state index in [0.717, 1.165) is 17.7 Å². The van der Waals surface area contributed by atoms with E-state index in [2.05, 4.69) is 16.2 Å². The third-order valence-corrected chi connectivity index (χ3v) is 5.41. The molecule has 0 radical (unpaired) electrons. The van der Waals surface area contributed by atoms with Gasteiger partial charge in [-0.15, -0.1) is 0 Å². The summed E-state index contributed by atoms with van der Waals surface area (Å²) in [6.07, 6.45) is 2.06. The van der Waals surface area contributed by atoms with Gasteiger partial charge in [0.05, 0.1) is 6.61 Å². The van der Waals surface area contributed by atoms with Gasteiger partial charge in [-0.1, -0.05) is 12.8 Å². The molecule has 0 aromatic heterocycles. The Hall–Kier alpha value is -3.30. The summed E-state index contributed by atoms with van der Waals surface area (Å²) in [5, 5.41) is 2.76. The number of hydrazine groups is 1.